The molecule has 0 bridgehead atoms. The fourth-order valence-electron chi connectivity index (χ4n) is 1.19. The van der Waals surface area contributed by atoms with Crippen LogP contribution < -0.4 is 5.32 Å². The van der Waals surface area contributed by atoms with E-state index >= 15 is 0 Å². The summed E-state index contributed by atoms with van der Waals surface area (Å²) >= 11 is 3.93. The highest BCUT2D eigenvalue weighted by atomic mass is 127. The highest BCUT2D eigenvalue weighted by molar-refractivity contribution is 14.1. The van der Waals surface area contributed by atoms with Crippen LogP contribution >= 0.6 is 33.9 Å². The number of sulfonamides is 1. The van der Waals surface area contributed by atoms with Crippen LogP contribution in [0.4, 0.5) is 0 Å². The van der Waals surface area contributed by atoms with E-state index in [1.54, 1.807) is 11.3 Å². The van der Waals surface area contributed by atoms with E-state index in [1.807, 2.05) is 12.1 Å². The van der Waals surface area contributed by atoms with Crippen molar-refractivity contribution < 1.29 is 13.2 Å². The standard InChI is InChI=1S/C10H15IN2O3S2/c1-13(18(2,15)16)7-10(14)12-6-5-8-3-4-9(11)17-8/h3-4H,5-7H2,1-2H3,(H,12,14). The van der Waals surface area contributed by atoms with Crippen molar-refractivity contribution >= 4 is 49.9 Å². The smallest absolute Gasteiger partial charge is 0.235 e. The predicted octanol–water partition coefficient (Wildman–Crippen LogP) is 0.903. The van der Waals surface area contributed by atoms with Gasteiger partial charge in [0.25, 0.3) is 0 Å². The number of thiophene rings is 1. The van der Waals surface area contributed by atoms with Gasteiger partial charge >= 0.3 is 0 Å². The summed E-state index contributed by atoms with van der Waals surface area (Å²) in [6.07, 6.45) is 1.84. The second-order valence-corrected chi connectivity index (χ2v) is 8.98. The first-order valence-corrected chi connectivity index (χ1v) is 8.95. The zero-order valence-electron chi connectivity index (χ0n) is 10.1. The van der Waals surface area contributed by atoms with Crippen molar-refractivity contribution in [3.05, 3.63) is 19.9 Å². The maximum absolute atomic E-state index is 11.5. The highest BCUT2D eigenvalue weighted by Gasteiger charge is 2.14. The first-order chi connectivity index (χ1) is 8.29. The summed E-state index contributed by atoms with van der Waals surface area (Å²) in [5.41, 5.74) is 0. The lowest BCUT2D eigenvalue weighted by atomic mass is 10.3. The molecule has 1 aromatic rings. The van der Waals surface area contributed by atoms with Gasteiger partial charge in [-0.25, -0.2) is 8.42 Å². The van der Waals surface area contributed by atoms with E-state index in [0.29, 0.717) is 6.54 Å². The largest absolute Gasteiger partial charge is 0.355 e. The third-order valence-corrected chi connectivity index (χ3v) is 5.47. The molecule has 0 aromatic carbocycles. The van der Waals surface area contributed by atoms with Crippen LogP contribution in [0.2, 0.25) is 0 Å². The van der Waals surface area contributed by atoms with Crippen LogP contribution in [-0.4, -0.2) is 45.0 Å². The molecular formula is C10H15IN2O3S2. The van der Waals surface area contributed by atoms with E-state index in [9.17, 15) is 13.2 Å². The molecule has 1 N–H and O–H groups in total. The maximum Gasteiger partial charge on any atom is 0.235 e. The lowest BCUT2D eigenvalue weighted by Gasteiger charge is -2.13. The molecule has 5 nitrogen and oxygen atoms in total. The van der Waals surface area contributed by atoms with Crippen molar-refractivity contribution in [1.82, 2.24) is 9.62 Å². The molecule has 0 fully saturated rings. The summed E-state index contributed by atoms with van der Waals surface area (Å²) in [7, 11) is -1.91. The van der Waals surface area contributed by atoms with Crippen LogP contribution in [0, 0.1) is 2.88 Å². The Bertz CT molecular complexity index is 513. The van der Waals surface area contributed by atoms with Crippen molar-refractivity contribution in [3.8, 4) is 0 Å². The summed E-state index contributed by atoms with van der Waals surface area (Å²) < 4.78 is 24.5. The van der Waals surface area contributed by atoms with E-state index in [4.69, 9.17) is 0 Å². The molecule has 0 aliphatic carbocycles. The number of carbonyl (C=O) groups is 1. The number of likely N-dealkylation sites (N-methyl/N-ethyl adjacent to an activating group) is 1. The zero-order valence-corrected chi connectivity index (χ0v) is 13.9. The third-order valence-electron chi connectivity index (χ3n) is 2.25. The van der Waals surface area contributed by atoms with Gasteiger partial charge in [-0.2, -0.15) is 4.31 Å². The Morgan fingerprint density at radius 2 is 2.17 bits per heavy atom. The summed E-state index contributed by atoms with van der Waals surface area (Å²) in [5, 5.41) is 2.70. The lowest BCUT2D eigenvalue weighted by Crippen LogP contribution is -2.38. The molecule has 0 saturated heterocycles. The van der Waals surface area contributed by atoms with E-state index < -0.39 is 10.0 Å². The minimum atomic E-state index is -3.30. The summed E-state index contributed by atoms with van der Waals surface area (Å²) in [6.45, 7) is 0.383. The number of halogens is 1. The van der Waals surface area contributed by atoms with E-state index in [0.717, 1.165) is 17.0 Å². The fraction of sp³-hybridized carbons (Fsp3) is 0.500. The van der Waals surface area contributed by atoms with Crippen LogP contribution in [0.1, 0.15) is 4.88 Å². The molecule has 102 valence electrons. The molecule has 0 atom stereocenters. The molecule has 18 heavy (non-hydrogen) atoms. The first-order valence-electron chi connectivity index (χ1n) is 5.21. The number of hydrogen-bond acceptors (Lipinski definition) is 4. The Morgan fingerprint density at radius 3 is 2.67 bits per heavy atom. The molecular weight excluding hydrogens is 387 g/mol. The molecule has 1 rings (SSSR count). The molecule has 0 spiro atoms. The molecule has 1 heterocycles. The predicted molar refractivity (Wildman–Crippen MR) is 81.2 cm³/mol. The average molecular weight is 402 g/mol. The zero-order chi connectivity index (χ0) is 13.8. The molecule has 1 aromatic heterocycles. The van der Waals surface area contributed by atoms with Crippen molar-refractivity contribution in [2.24, 2.45) is 0 Å². The molecule has 1 amide bonds. The Balaban J connectivity index is 2.30. The monoisotopic (exact) mass is 402 g/mol. The van der Waals surface area contributed by atoms with Gasteiger partial charge < -0.3 is 5.32 Å². The summed E-state index contributed by atoms with van der Waals surface area (Å²) in [4.78, 5) is 12.7. The molecule has 8 heteroatoms. The third kappa shape index (κ3) is 5.63. The summed E-state index contributed by atoms with van der Waals surface area (Å²) in [5.74, 6) is -0.283. The van der Waals surface area contributed by atoms with Gasteiger partial charge in [-0.3, -0.25) is 4.79 Å². The Kier molecular flexibility index (Phi) is 6.02. The number of hydrogen-bond donors (Lipinski definition) is 1. The van der Waals surface area contributed by atoms with Crippen LogP contribution in [0.3, 0.4) is 0 Å². The SMILES string of the molecule is CN(CC(=O)NCCc1ccc(I)s1)S(C)(=O)=O. The number of nitrogens with one attached hydrogen (secondary N) is 1. The molecule has 0 aliphatic heterocycles. The number of rotatable bonds is 6. The van der Waals surface area contributed by atoms with Gasteiger partial charge in [0.15, 0.2) is 0 Å². The Hall–Kier alpha value is -0.190. The van der Waals surface area contributed by atoms with Crippen LogP contribution in [-0.2, 0) is 21.2 Å². The number of nitrogens with zero attached hydrogens (tertiary/aromatic N) is 1. The van der Waals surface area contributed by atoms with Gasteiger partial charge in [-0.1, -0.05) is 0 Å². The molecule has 0 saturated carbocycles. The van der Waals surface area contributed by atoms with Gasteiger partial charge in [0.1, 0.15) is 0 Å². The van der Waals surface area contributed by atoms with E-state index in [2.05, 4.69) is 27.9 Å². The van der Waals surface area contributed by atoms with Crippen molar-refractivity contribution in [2.45, 2.75) is 6.42 Å². The summed E-state index contributed by atoms with van der Waals surface area (Å²) in [6, 6.07) is 4.06. The first kappa shape index (κ1) is 15.9. The maximum atomic E-state index is 11.5. The molecule has 0 radical (unpaired) electrons. The normalized spacial score (nSPS) is 11.8. The Morgan fingerprint density at radius 1 is 1.50 bits per heavy atom. The van der Waals surface area contributed by atoms with Crippen LogP contribution in [0.15, 0.2) is 12.1 Å². The van der Waals surface area contributed by atoms with Gasteiger partial charge in [0.05, 0.1) is 15.7 Å². The molecule has 0 unspecified atom stereocenters. The second-order valence-electron chi connectivity index (χ2n) is 3.82. The minimum absolute atomic E-state index is 0.138. The van der Waals surface area contributed by atoms with Gasteiger partial charge in [-0.15, -0.1) is 11.3 Å². The van der Waals surface area contributed by atoms with Crippen LogP contribution in [0.25, 0.3) is 0 Å². The van der Waals surface area contributed by atoms with Crippen molar-refractivity contribution in [2.75, 3.05) is 26.4 Å². The second kappa shape index (κ2) is 6.83. The van der Waals surface area contributed by atoms with Gasteiger partial charge in [-0.05, 0) is 41.1 Å². The van der Waals surface area contributed by atoms with E-state index in [-0.39, 0.29) is 12.5 Å². The van der Waals surface area contributed by atoms with Crippen molar-refractivity contribution in [1.29, 1.82) is 0 Å². The quantitative estimate of drug-likeness (QED) is 0.720. The number of amides is 1. The minimum Gasteiger partial charge on any atom is -0.355 e. The fourth-order valence-corrected chi connectivity index (χ4v) is 3.29. The lowest BCUT2D eigenvalue weighted by molar-refractivity contribution is -0.121. The van der Waals surface area contributed by atoms with Gasteiger partial charge in [0, 0.05) is 18.5 Å². The van der Waals surface area contributed by atoms with Crippen molar-refractivity contribution in [3.63, 3.8) is 0 Å². The Labute approximate surface area is 125 Å². The average Bonchev–Trinajstić information content (AvgIpc) is 2.62. The number of carbonyl (C=O) groups excluding carboxylic acids is 1. The molecule has 0 aliphatic rings. The van der Waals surface area contributed by atoms with Gasteiger partial charge in [0.2, 0.25) is 15.9 Å². The topological polar surface area (TPSA) is 66.5 Å². The highest BCUT2D eigenvalue weighted by Crippen LogP contribution is 2.18. The van der Waals surface area contributed by atoms with Crippen LogP contribution in [0.5, 0.6) is 0 Å². The van der Waals surface area contributed by atoms with E-state index in [1.165, 1.54) is 14.8 Å².